The Hall–Kier alpha value is -2.21. The number of fused-ring (bicyclic) bond motifs is 1. The van der Waals surface area contributed by atoms with Crippen molar-refractivity contribution < 1.29 is 9.53 Å². The summed E-state index contributed by atoms with van der Waals surface area (Å²) in [5.41, 5.74) is 1.60. The summed E-state index contributed by atoms with van der Waals surface area (Å²) in [6, 6.07) is 3.72. The summed E-state index contributed by atoms with van der Waals surface area (Å²) < 4.78 is 6.61. The number of hydrogen-bond donors (Lipinski definition) is 1. The van der Waals surface area contributed by atoms with E-state index in [1.807, 2.05) is 0 Å². The van der Waals surface area contributed by atoms with Gasteiger partial charge in [0.2, 0.25) is 0 Å². The highest BCUT2D eigenvalue weighted by atomic mass is 16.5. The molecule has 2 heterocycles. The Kier molecular flexibility index (Phi) is 4.94. The maximum atomic E-state index is 12.6. The minimum atomic E-state index is -0.146. The van der Waals surface area contributed by atoms with Gasteiger partial charge in [0.1, 0.15) is 0 Å². The van der Waals surface area contributed by atoms with Crippen LogP contribution in [0.2, 0.25) is 0 Å². The van der Waals surface area contributed by atoms with Gasteiger partial charge in [-0.25, -0.2) is 0 Å². The molecule has 3 rings (SSSR count). The molecule has 1 fully saturated rings. The van der Waals surface area contributed by atoms with Crippen LogP contribution in [0.1, 0.15) is 41.7 Å². The van der Waals surface area contributed by atoms with Crippen LogP contribution in [-0.2, 0) is 11.3 Å². The lowest BCUT2D eigenvalue weighted by Crippen LogP contribution is -2.33. The first kappa shape index (κ1) is 16.6. The predicted octanol–water partition coefficient (Wildman–Crippen LogP) is 2.02. The Morgan fingerprint density at radius 1 is 1.42 bits per heavy atom. The summed E-state index contributed by atoms with van der Waals surface area (Å²) >= 11 is 0. The third kappa shape index (κ3) is 3.33. The van der Waals surface area contributed by atoms with Gasteiger partial charge in [-0.2, -0.15) is 0 Å². The van der Waals surface area contributed by atoms with Gasteiger partial charge in [0.25, 0.3) is 11.5 Å². The number of nitrogens with one attached hydrogen (secondary N) is 1. The van der Waals surface area contributed by atoms with Crippen LogP contribution in [0.4, 0.5) is 0 Å². The topological polar surface area (TPSA) is 73.2 Å². The Labute approximate surface area is 140 Å². The van der Waals surface area contributed by atoms with Crippen LogP contribution in [0.3, 0.4) is 0 Å². The van der Waals surface area contributed by atoms with Gasteiger partial charge in [-0.05, 0) is 31.9 Å². The first-order valence-electron chi connectivity index (χ1n) is 8.40. The molecule has 1 N–H and O–H groups in total. The largest absolute Gasteiger partial charge is 0.383 e. The molecule has 0 spiro atoms. The molecule has 0 bridgehead atoms. The zero-order chi connectivity index (χ0) is 17.1. The fourth-order valence-corrected chi connectivity index (χ4v) is 3.23. The number of methoxy groups -OCH3 is 1. The van der Waals surface area contributed by atoms with Crippen LogP contribution in [0.15, 0.2) is 23.1 Å². The smallest absolute Gasteiger partial charge is 0.260 e. The highest BCUT2D eigenvalue weighted by molar-refractivity contribution is 5.98. The molecule has 0 aliphatic heterocycles. The molecule has 0 atom stereocenters. The Morgan fingerprint density at radius 3 is 2.88 bits per heavy atom. The fourth-order valence-electron chi connectivity index (χ4n) is 3.23. The lowest BCUT2D eigenvalue weighted by Gasteiger charge is -2.14. The molecular weight excluding hydrogens is 306 g/mol. The summed E-state index contributed by atoms with van der Waals surface area (Å²) in [4.78, 5) is 29.6. The number of rotatable bonds is 5. The summed E-state index contributed by atoms with van der Waals surface area (Å²) in [6.45, 7) is 2.74. The summed E-state index contributed by atoms with van der Waals surface area (Å²) in [5.74, 6) is -0.138. The van der Waals surface area contributed by atoms with Gasteiger partial charge in [-0.1, -0.05) is 12.8 Å². The van der Waals surface area contributed by atoms with Crippen molar-refractivity contribution in [2.45, 2.75) is 45.2 Å². The van der Waals surface area contributed by atoms with E-state index in [0.717, 1.165) is 25.7 Å². The van der Waals surface area contributed by atoms with E-state index in [0.29, 0.717) is 35.3 Å². The first-order chi connectivity index (χ1) is 11.6. The molecule has 0 radical (unpaired) electrons. The van der Waals surface area contributed by atoms with E-state index in [1.165, 1.54) is 0 Å². The molecule has 0 saturated heterocycles. The average Bonchev–Trinajstić information content (AvgIpc) is 3.06. The molecule has 0 unspecified atom stereocenters. The van der Waals surface area contributed by atoms with E-state index < -0.39 is 0 Å². The number of pyridine rings is 2. The monoisotopic (exact) mass is 329 g/mol. The van der Waals surface area contributed by atoms with Crippen LogP contribution < -0.4 is 10.9 Å². The van der Waals surface area contributed by atoms with E-state index >= 15 is 0 Å². The highest BCUT2D eigenvalue weighted by Gasteiger charge is 2.20. The molecule has 1 aliphatic rings. The molecular formula is C18H23N3O3. The van der Waals surface area contributed by atoms with Crippen LogP contribution in [0, 0.1) is 6.92 Å². The SMILES string of the molecule is COCCn1ccc2nc(C)c(C(=O)NC3CCCC3)cc2c1=O. The second kappa shape index (κ2) is 7.13. The third-order valence-corrected chi connectivity index (χ3v) is 4.62. The van der Waals surface area contributed by atoms with Crippen molar-refractivity contribution in [3.8, 4) is 0 Å². The molecule has 128 valence electrons. The van der Waals surface area contributed by atoms with Crippen LogP contribution in [0.5, 0.6) is 0 Å². The van der Waals surface area contributed by atoms with Gasteiger partial charge in [0, 0.05) is 25.9 Å². The predicted molar refractivity (Wildman–Crippen MR) is 92.3 cm³/mol. The summed E-state index contributed by atoms with van der Waals surface area (Å²) in [6.07, 6.45) is 6.08. The van der Waals surface area contributed by atoms with Gasteiger partial charge in [0.05, 0.1) is 28.8 Å². The van der Waals surface area contributed by atoms with Crippen molar-refractivity contribution in [3.63, 3.8) is 0 Å². The molecule has 1 amide bonds. The lowest BCUT2D eigenvalue weighted by atomic mass is 10.1. The van der Waals surface area contributed by atoms with Crippen molar-refractivity contribution in [1.82, 2.24) is 14.9 Å². The quantitative estimate of drug-likeness (QED) is 0.911. The van der Waals surface area contributed by atoms with Crippen molar-refractivity contribution in [2.24, 2.45) is 0 Å². The first-order valence-corrected chi connectivity index (χ1v) is 8.40. The number of aromatic nitrogens is 2. The minimum Gasteiger partial charge on any atom is -0.383 e. The Bertz CT molecular complexity index is 807. The second-order valence-corrected chi connectivity index (χ2v) is 6.32. The van der Waals surface area contributed by atoms with Crippen molar-refractivity contribution in [3.05, 3.63) is 39.9 Å². The number of hydrogen-bond acceptors (Lipinski definition) is 4. The van der Waals surface area contributed by atoms with E-state index in [1.54, 1.807) is 36.9 Å². The zero-order valence-corrected chi connectivity index (χ0v) is 14.2. The number of aryl methyl sites for hydroxylation is 1. The van der Waals surface area contributed by atoms with Gasteiger partial charge in [0.15, 0.2) is 0 Å². The normalized spacial score (nSPS) is 15.1. The summed E-state index contributed by atoms with van der Waals surface area (Å²) in [7, 11) is 1.60. The number of amides is 1. The van der Waals surface area contributed by atoms with Crippen LogP contribution in [0.25, 0.3) is 10.9 Å². The fraction of sp³-hybridized carbons (Fsp3) is 0.500. The molecule has 1 saturated carbocycles. The maximum absolute atomic E-state index is 12.6. The Balaban J connectivity index is 1.95. The van der Waals surface area contributed by atoms with Crippen molar-refractivity contribution in [2.75, 3.05) is 13.7 Å². The third-order valence-electron chi connectivity index (χ3n) is 4.62. The van der Waals surface area contributed by atoms with Crippen LogP contribution in [-0.4, -0.2) is 35.2 Å². The van der Waals surface area contributed by atoms with Crippen molar-refractivity contribution in [1.29, 1.82) is 0 Å². The number of nitrogens with zero attached hydrogens (tertiary/aromatic N) is 2. The number of carbonyl (C=O) groups is 1. The number of carbonyl (C=O) groups excluding carboxylic acids is 1. The molecule has 1 aliphatic carbocycles. The van der Waals surface area contributed by atoms with Crippen molar-refractivity contribution >= 4 is 16.8 Å². The van der Waals surface area contributed by atoms with E-state index in [4.69, 9.17) is 4.74 Å². The van der Waals surface area contributed by atoms with E-state index in [2.05, 4.69) is 10.3 Å². The molecule has 6 nitrogen and oxygen atoms in total. The lowest BCUT2D eigenvalue weighted by molar-refractivity contribution is 0.0937. The molecule has 2 aromatic rings. The second-order valence-electron chi connectivity index (χ2n) is 6.32. The summed E-state index contributed by atoms with van der Waals surface area (Å²) in [5, 5.41) is 3.53. The minimum absolute atomic E-state index is 0.138. The highest BCUT2D eigenvalue weighted by Crippen LogP contribution is 2.19. The average molecular weight is 329 g/mol. The van der Waals surface area contributed by atoms with Gasteiger partial charge < -0.3 is 14.6 Å². The molecule has 0 aromatic carbocycles. The van der Waals surface area contributed by atoms with E-state index in [9.17, 15) is 9.59 Å². The molecule has 6 heteroatoms. The van der Waals surface area contributed by atoms with E-state index in [-0.39, 0.29) is 17.5 Å². The van der Waals surface area contributed by atoms with Gasteiger partial charge in [-0.3, -0.25) is 14.6 Å². The standard InChI is InChI=1S/C18H23N3O3/c1-12-14(17(22)20-13-5-3-4-6-13)11-15-16(19-12)7-8-21(18(15)23)9-10-24-2/h7-8,11,13H,3-6,9-10H2,1-2H3,(H,20,22). The van der Waals surface area contributed by atoms with Gasteiger partial charge in [-0.15, -0.1) is 0 Å². The maximum Gasteiger partial charge on any atom is 0.260 e. The van der Waals surface area contributed by atoms with Gasteiger partial charge >= 0.3 is 0 Å². The zero-order valence-electron chi connectivity index (χ0n) is 14.2. The Morgan fingerprint density at radius 2 is 2.17 bits per heavy atom. The molecule has 24 heavy (non-hydrogen) atoms. The molecule has 2 aromatic heterocycles. The number of ether oxygens (including phenoxy) is 1. The van der Waals surface area contributed by atoms with Crippen LogP contribution >= 0.6 is 0 Å².